The summed E-state index contributed by atoms with van der Waals surface area (Å²) in [7, 11) is -3.65. The molecular formula is C21H28N2O3S. The van der Waals surface area contributed by atoms with Crippen molar-refractivity contribution < 1.29 is 13.2 Å². The Balaban J connectivity index is 2.44. The Morgan fingerprint density at radius 2 is 1.63 bits per heavy atom. The number of sulfonamides is 1. The number of benzene rings is 2. The lowest BCUT2D eigenvalue weighted by molar-refractivity contribution is -0.117. The van der Waals surface area contributed by atoms with Crippen LogP contribution < -0.4 is 9.62 Å². The van der Waals surface area contributed by atoms with Crippen molar-refractivity contribution in [3.63, 3.8) is 0 Å². The number of carbonyl (C=O) groups excluding carboxylic acids is 1. The van der Waals surface area contributed by atoms with Gasteiger partial charge in [-0.05, 0) is 74.6 Å². The number of amides is 1. The summed E-state index contributed by atoms with van der Waals surface area (Å²) >= 11 is 0. The Bertz CT molecular complexity index is 952. The molecule has 1 unspecified atom stereocenters. The number of carbonyl (C=O) groups is 1. The number of nitrogens with zero attached hydrogens (tertiary/aromatic N) is 1. The third-order valence-corrected chi connectivity index (χ3v) is 5.87. The van der Waals surface area contributed by atoms with E-state index in [0.29, 0.717) is 17.8 Å². The molecule has 0 bridgehead atoms. The van der Waals surface area contributed by atoms with E-state index in [9.17, 15) is 13.2 Å². The second-order valence-electron chi connectivity index (χ2n) is 7.06. The van der Waals surface area contributed by atoms with Gasteiger partial charge < -0.3 is 5.32 Å². The van der Waals surface area contributed by atoms with Gasteiger partial charge in [-0.3, -0.25) is 9.10 Å². The lowest BCUT2D eigenvalue weighted by atomic mass is 10.1. The third kappa shape index (κ3) is 4.89. The Morgan fingerprint density at radius 3 is 2.19 bits per heavy atom. The monoisotopic (exact) mass is 388 g/mol. The van der Waals surface area contributed by atoms with Crippen molar-refractivity contribution in [2.75, 3.05) is 15.9 Å². The first kappa shape index (κ1) is 21.0. The van der Waals surface area contributed by atoms with Gasteiger partial charge in [-0.1, -0.05) is 25.1 Å². The SMILES string of the molecule is CCC(C(=O)Nc1ccc(C)c(C)c1)N(c1cc(C)ccc1C)S(C)(=O)=O. The summed E-state index contributed by atoms with van der Waals surface area (Å²) in [5, 5.41) is 2.87. The molecule has 6 heteroatoms. The van der Waals surface area contributed by atoms with Crippen molar-refractivity contribution in [2.24, 2.45) is 0 Å². The average molecular weight is 389 g/mol. The van der Waals surface area contributed by atoms with E-state index >= 15 is 0 Å². The molecule has 0 aliphatic heterocycles. The predicted molar refractivity (Wildman–Crippen MR) is 112 cm³/mol. The number of hydrogen-bond donors (Lipinski definition) is 1. The first-order valence-corrected chi connectivity index (χ1v) is 10.8. The highest BCUT2D eigenvalue weighted by Crippen LogP contribution is 2.28. The van der Waals surface area contributed by atoms with Crippen molar-refractivity contribution in [1.82, 2.24) is 0 Å². The fraction of sp³-hybridized carbons (Fsp3) is 0.381. The second-order valence-corrected chi connectivity index (χ2v) is 8.92. The van der Waals surface area contributed by atoms with E-state index < -0.39 is 16.1 Å². The number of nitrogens with one attached hydrogen (secondary N) is 1. The lowest BCUT2D eigenvalue weighted by Gasteiger charge is -2.31. The van der Waals surface area contributed by atoms with Crippen LogP contribution in [0.1, 0.15) is 35.6 Å². The van der Waals surface area contributed by atoms with Gasteiger partial charge in [0.1, 0.15) is 6.04 Å². The zero-order valence-corrected chi connectivity index (χ0v) is 17.6. The molecule has 2 aromatic carbocycles. The number of rotatable bonds is 6. The summed E-state index contributed by atoms with van der Waals surface area (Å²) in [4.78, 5) is 13.0. The fourth-order valence-corrected chi connectivity index (χ4v) is 4.30. The van der Waals surface area contributed by atoms with Gasteiger partial charge >= 0.3 is 0 Å². The van der Waals surface area contributed by atoms with E-state index in [1.165, 1.54) is 4.31 Å². The van der Waals surface area contributed by atoms with Gasteiger partial charge in [0.05, 0.1) is 11.9 Å². The van der Waals surface area contributed by atoms with Gasteiger partial charge in [-0.15, -0.1) is 0 Å². The Hall–Kier alpha value is -2.34. The molecule has 0 radical (unpaired) electrons. The topological polar surface area (TPSA) is 66.5 Å². The molecule has 0 aromatic heterocycles. The summed E-state index contributed by atoms with van der Waals surface area (Å²) in [5.74, 6) is -0.341. The standard InChI is InChI=1S/C21H28N2O3S/c1-7-19(21(24)22-18-11-10-15(3)17(5)13-18)23(27(6,25)26)20-12-14(2)8-9-16(20)4/h8-13,19H,7H2,1-6H3,(H,22,24). The van der Waals surface area contributed by atoms with Gasteiger partial charge in [0.15, 0.2) is 0 Å². The fourth-order valence-electron chi connectivity index (χ4n) is 3.04. The maximum Gasteiger partial charge on any atom is 0.248 e. The van der Waals surface area contributed by atoms with Gasteiger partial charge in [0.2, 0.25) is 15.9 Å². The molecule has 5 nitrogen and oxygen atoms in total. The van der Waals surface area contributed by atoms with Crippen LogP contribution in [0.15, 0.2) is 36.4 Å². The van der Waals surface area contributed by atoms with Gasteiger partial charge in [0.25, 0.3) is 0 Å². The minimum atomic E-state index is -3.65. The van der Waals surface area contributed by atoms with E-state index in [4.69, 9.17) is 0 Å². The summed E-state index contributed by atoms with van der Waals surface area (Å²) in [5.41, 5.74) is 5.15. The molecule has 2 rings (SSSR count). The van der Waals surface area contributed by atoms with Crippen LogP contribution in [0.3, 0.4) is 0 Å². The molecule has 2 aromatic rings. The quantitative estimate of drug-likeness (QED) is 0.810. The molecular weight excluding hydrogens is 360 g/mol. The summed E-state index contributed by atoms with van der Waals surface area (Å²) in [6.45, 7) is 9.54. The molecule has 1 atom stereocenters. The van der Waals surface area contributed by atoms with Gasteiger partial charge in [0, 0.05) is 5.69 Å². The van der Waals surface area contributed by atoms with Crippen LogP contribution in [0.4, 0.5) is 11.4 Å². The van der Waals surface area contributed by atoms with Crippen LogP contribution in [-0.4, -0.2) is 26.6 Å². The third-order valence-electron chi connectivity index (χ3n) is 4.71. The molecule has 146 valence electrons. The maximum atomic E-state index is 13.0. The first-order valence-electron chi connectivity index (χ1n) is 8.99. The highest BCUT2D eigenvalue weighted by molar-refractivity contribution is 7.92. The highest BCUT2D eigenvalue weighted by atomic mass is 32.2. The molecule has 1 amide bonds. The smallest absolute Gasteiger partial charge is 0.248 e. The summed E-state index contributed by atoms with van der Waals surface area (Å²) in [6.07, 6.45) is 1.50. The maximum absolute atomic E-state index is 13.0. The summed E-state index contributed by atoms with van der Waals surface area (Å²) < 4.78 is 26.4. The second kappa shape index (κ2) is 8.13. The Labute approximate surface area is 162 Å². The van der Waals surface area contributed by atoms with E-state index in [0.717, 1.165) is 28.5 Å². The van der Waals surface area contributed by atoms with Crippen LogP contribution in [-0.2, 0) is 14.8 Å². The van der Waals surface area contributed by atoms with Crippen molar-refractivity contribution in [3.8, 4) is 0 Å². The molecule has 0 heterocycles. The largest absolute Gasteiger partial charge is 0.324 e. The number of aryl methyl sites for hydroxylation is 4. The Morgan fingerprint density at radius 1 is 1.00 bits per heavy atom. The van der Waals surface area contributed by atoms with Crippen molar-refractivity contribution in [2.45, 2.75) is 47.1 Å². The van der Waals surface area contributed by atoms with Crippen molar-refractivity contribution >= 4 is 27.3 Å². The molecule has 0 aliphatic rings. The van der Waals surface area contributed by atoms with Crippen molar-refractivity contribution in [3.05, 3.63) is 58.7 Å². The zero-order valence-electron chi connectivity index (χ0n) is 16.8. The van der Waals surface area contributed by atoms with Crippen LogP contribution in [0, 0.1) is 27.7 Å². The van der Waals surface area contributed by atoms with E-state index in [2.05, 4.69) is 5.32 Å². The summed E-state index contributed by atoms with van der Waals surface area (Å²) in [6, 6.07) is 10.4. The molecule has 0 saturated heterocycles. The predicted octanol–water partition coefficient (Wildman–Crippen LogP) is 4.10. The highest BCUT2D eigenvalue weighted by Gasteiger charge is 2.32. The molecule has 0 aliphatic carbocycles. The average Bonchev–Trinajstić information content (AvgIpc) is 2.57. The van der Waals surface area contributed by atoms with Crippen LogP contribution >= 0.6 is 0 Å². The Kier molecular flexibility index (Phi) is 6.31. The molecule has 0 spiro atoms. The van der Waals surface area contributed by atoms with E-state index in [1.54, 1.807) is 0 Å². The molecule has 27 heavy (non-hydrogen) atoms. The van der Waals surface area contributed by atoms with Crippen LogP contribution in [0.25, 0.3) is 0 Å². The number of hydrogen-bond acceptors (Lipinski definition) is 3. The van der Waals surface area contributed by atoms with Crippen LogP contribution in [0.2, 0.25) is 0 Å². The van der Waals surface area contributed by atoms with E-state index in [-0.39, 0.29) is 5.91 Å². The minimum absolute atomic E-state index is 0.341. The molecule has 0 fully saturated rings. The first-order chi connectivity index (χ1) is 12.5. The minimum Gasteiger partial charge on any atom is -0.324 e. The zero-order chi connectivity index (χ0) is 20.4. The molecule has 1 N–H and O–H groups in total. The number of anilines is 2. The van der Waals surface area contributed by atoms with Gasteiger partial charge in [-0.25, -0.2) is 8.42 Å². The van der Waals surface area contributed by atoms with E-state index in [1.807, 2.05) is 71.0 Å². The molecule has 0 saturated carbocycles. The van der Waals surface area contributed by atoms with Crippen molar-refractivity contribution in [1.29, 1.82) is 0 Å². The normalized spacial score (nSPS) is 12.5. The lowest BCUT2D eigenvalue weighted by Crippen LogP contribution is -2.47. The van der Waals surface area contributed by atoms with Gasteiger partial charge in [-0.2, -0.15) is 0 Å². The van der Waals surface area contributed by atoms with Crippen LogP contribution in [0.5, 0.6) is 0 Å².